The fourth-order valence-electron chi connectivity index (χ4n) is 9.58. The number of esters is 3. The van der Waals surface area contributed by atoms with Crippen LogP contribution < -0.4 is 0 Å². The lowest BCUT2D eigenvalue weighted by Crippen LogP contribution is -2.30. The summed E-state index contributed by atoms with van der Waals surface area (Å²) in [5, 5.41) is 0. The highest BCUT2D eigenvalue weighted by Gasteiger charge is 2.19. The zero-order valence-corrected chi connectivity index (χ0v) is 52.1. The van der Waals surface area contributed by atoms with E-state index in [1.165, 1.54) is 167 Å². The Morgan fingerprint density at radius 1 is 0.266 bits per heavy atom. The Balaban J connectivity index is 4.07. The molecule has 454 valence electrons. The van der Waals surface area contributed by atoms with Gasteiger partial charge in [-0.2, -0.15) is 0 Å². The number of hydrogen-bond donors (Lipinski definition) is 0. The van der Waals surface area contributed by atoms with Crippen molar-refractivity contribution in [2.75, 3.05) is 13.2 Å². The Kier molecular flexibility index (Phi) is 63.7. The highest BCUT2D eigenvalue weighted by Crippen LogP contribution is 2.18. The number of allylic oxidation sites excluding steroid dienone is 16. The summed E-state index contributed by atoms with van der Waals surface area (Å²) in [6.07, 6.45) is 90.6. The standard InChI is InChI=1S/C73H126O6/c1-4-7-10-13-15-17-19-21-23-25-27-29-31-33-35-36-38-39-41-43-45-47-49-51-53-55-57-60-63-66-72(75)78-69-70(68-77-71(74)65-62-59-12-9-6-3)79-73(76)67-64-61-58-56-54-52-50-48-46-44-42-40-37-34-32-30-28-26-24-22-20-18-16-14-11-8-5-2/h8,11,16,18,22,24,28,30,34,37,42,44,48,50,54,56,70H,4-7,9-10,12-15,17,19-21,23,25-27,29,31-33,35-36,38-41,43,45-47,49,51-53,55,57-69H2,1-3H3/b11-8-,18-16-,24-22-,30-28-,37-34-,44-42-,50-48-,56-54-. The molecule has 0 aromatic carbocycles. The minimum atomic E-state index is -0.798. The fourth-order valence-corrected chi connectivity index (χ4v) is 9.58. The van der Waals surface area contributed by atoms with Gasteiger partial charge in [-0.15, -0.1) is 0 Å². The predicted molar refractivity (Wildman–Crippen MR) is 344 cm³/mol. The number of carbonyl (C=O) groups is 3. The Morgan fingerprint density at radius 2 is 0.494 bits per heavy atom. The molecule has 0 rings (SSSR count). The number of carbonyl (C=O) groups excluding carboxylic acids is 3. The first-order valence-corrected chi connectivity index (χ1v) is 33.7. The average Bonchev–Trinajstić information content (AvgIpc) is 3.45. The third kappa shape index (κ3) is 65.0. The quantitative estimate of drug-likeness (QED) is 0.0261. The second-order valence-electron chi connectivity index (χ2n) is 22.4. The lowest BCUT2D eigenvalue weighted by Gasteiger charge is -2.18. The highest BCUT2D eigenvalue weighted by atomic mass is 16.6. The molecule has 0 fully saturated rings. The van der Waals surface area contributed by atoms with Crippen molar-refractivity contribution in [2.24, 2.45) is 0 Å². The van der Waals surface area contributed by atoms with Crippen LogP contribution >= 0.6 is 0 Å². The molecule has 0 N–H and O–H groups in total. The summed E-state index contributed by atoms with van der Waals surface area (Å²) >= 11 is 0. The molecule has 1 unspecified atom stereocenters. The molecule has 0 aromatic rings. The maximum absolute atomic E-state index is 12.8. The summed E-state index contributed by atoms with van der Waals surface area (Å²) in [6.45, 7) is 6.44. The topological polar surface area (TPSA) is 78.9 Å². The van der Waals surface area contributed by atoms with Gasteiger partial charge in [0.1, 0.15) is 13.2 Å². The van der Waals surface area contributed by atoms with Crippen LogP contribution in [0.4, 0.5) is 0 Å². The minimum absolute atomic E-state index is 0.0930. The van der Waals surface area contributed by atoms with E-state index in [1.54, 1.807) is 0 Å². The van der Waals surface area contributed by atoms with E-state index >= 15 is 0 Å². The first-order valence-electron chi connectivity index (χ1n) is 33.7. The molecule has 0 saturated carbocycles. The van der Waals surface area contributed by atoms with E-state index in [2.05, 4.69) is 118 Å². The van der Waals surface area contributed by atoms with Gasteiger partial charge in [-0.25, -0.2) is 0 Å². The van der Waals surface area contributed by atoms with Crippen LogP contribution in [0.25, 0.3) is 0 Å². The van der Waals surface area contributed by atoms with Gasteiger partial charge in [-0.1, -0.05) is 323 Å². The average molecular weight is 1100 g/mol. The Bertz CT molecular complexity index is 1540. The Morgan fingerprint density at radius 3 is 0.772 bits per heavy atom. The molecule has 0 bridgehead atoms. The van der Waals surface area contributed by atoms with Gasteiger partial charge in [0.15, 0.2) is 6.10 Å². The van der Waals surface area contributed by atoms with Crippen LogP contribution in [0.1, 0.15) is 329 Å². The normalized spacial score (nSPS) is 12.7. The van der Waals surface area contributed by atoms with E-state index < -0.39 is 6.10 Å². The summed E-state index contributed by atoms with van der Waals surface area (Å²) < 4.78 is 16.7. The SMILES string of the molecule is CC/C=C\C/C=C\C/C=C\C/C=C\C/C=C\C/C=C\C/C=C\C/C=C\CCCCC(=O)OC(COC(=O)CCCCCCC)COC(=O)CCCCCCCCCCCCCCCCCCCCCCCCCCCCCCC. The molecule has 0 radical (unpaired) electrons. The van der Waals surface area contributed by atoms with Gasteiger partial charge in [0.05, 0.1) is 0 Å². The van der Waals surface area contributed by atoms with E-state index in [1.807, 2.05) is 0 Å². The number of ether oxygens (including phenoxy) is 3. The van der Waals surface area contributed by atoms with Crippen molar-refractivity contribution in [3.8, 4) is 0 Å². The van der Waals surface area contributed by atoms with Gasteiger partial charge in [0, 0.05) is 19.3 Å². The summed E-state index contributed by atoms with van der Waals surface area (Å²) in [5.41, 5.74) is 0. The molecule has 0 amide bonds. The van der Waals surface area contributed by atoms with Crippen molar-refractivity contribution >= 4 is 17.9 Å². The van der Waals surface area contributed by atoms with Gasteiger partial charge < -0.3 is 14.2 Å². The van der Waals surface area contributed by atoms with E-state index in [0.717, 1.165) is 116 Å². The van der Waals surface area contributed by atoms with Crippen molar-refractivity contribution in [3.63, 3.8) is 0 Å². The van der Waals surface area contributed by atoms with Gasteiger partial charge in [0.25, 0.3) is 0 Å². The predicted octanol–water partition coefficient (Wildman–Crippen LogP) is 23.2. The summed E-state index contributed by atoms with van der Waals surface area (Å²) in [6, 6.07) is 0. The molecule has 0 aliphatic carbocycles. The zero-order chi connectivity index (χ0) is 57.1. The van der Waals surface area contributed by atoms with Crippen LogP contribution in [0.15, 0.2) is 97.2 Å². The third-order valence-electron chi connectivity index (χ3n) is 14.6. The lowest BCUT2D eigenvalue weighted by molar-refractivity contribution is -0.167. The first kappa shape index (κ1) is 75.3. The van der Waals surface area contributed by atoms with Crippen molar-refractivity contribution in [3.05, 3.63) is 97.2 Å². The van der Waals surface area contributed by atoms with Crippen molar-refractivity contribution in [1.82, 2.24) is 0 Å². The van der Waals surface area contributed by atoms with E-state index in [-0.39, 0.29) is 37.5 Å². The second kappa shape index (κ2) is 66.8. The zero-order valence-electron chi connectivity index (χ0n) is 52.1. The molecule has 1 atom stereocenters. The minimum Gasteiger partial charge on any atom is -0.462 e. The van der Waals surface area contributed by atoms with Crippen molar-refractivity contribution < 1.29 is 28.6 Å². The molecule has 0 aromatic heterocycles. The molecule has 6 nitrogen and oxygen atoms in total. The van der Waals surface area contributed by atoms with Crippen LogP contribution in [0.2, 0.25) is 0 Å². The van der Waals surface area contributed by atoms with Gasteiger partial charge in [-0.3, -0.25) is 14.4 Å². The Labute approximate surface area is 489 Å². The molecule has 0 aliphatic rings. The third-order valence-corrected chi connectivity index (χ3v) is 14.6. The van der Waals surface area contributed by atoms with E-state index in [0.29, 0.717) is 19.3 Å². The summed E-state index contributed by atoms with van der Waals surface area (Å²) in [5.74, 6) is -0.942. The Hall–Kier alpha value is -3.67. The molecular weight excluding hydrogens is 973 g/mol. The maximum atomic E-state index is 12.8. The first-order chi connectivity index (χ1) is 39.0. The van der Waals surface area contributed by atoms with Crippen LogP contribution in [0.5, 0.6) is 0 Å². The van der Waals surface area contributed by atoms with Crippen LogP contribution in [0.3, 0.4) is 0 Å². The number of rotatable bonds is 61. The van der Waals surface area contributed by atoms with Crippen molar-refractivity contribution in [2.45, 2.75) is 335 Å². The smallest absolute Gasteiger partial charge is 0.306 e. The van der Waals surface area contributed by atoms with Gasteiger partial charge in [0.2, 0.25) is 0 Å². The monoisotopic (exact) mass is 1100 g/mol. The molecule has 0 saturated heterocycles. The number of hydrogen-bond acceptors (Lipinski definition) is 6. The second-order valence-corrected chi connectivity index (χ2v) is 22.4. The fraction of sp³-hybridized carbons (Fsp3) is 0.740. The molecule has 0 heterocycles. The van der Waals surface area contributed by atoms with Crippen molar-refractivity contribution in [1.29, 1.82) is 0 Å². The highest BCUT2D eigenvalue weighted by molar-refractivity contribution is 5.71. The van der Waals surface area contributed by atoms with Crippen LogP contribution in [-0.4, -0.2) is 37.2 Å². The van der Waals surface area contributed by atoms with Gasteiger partial charge in [-0.05, 0) is 83.5 Å². The largest absolute Gasteiger partial charge is 0.462 e. The van der Waals surface area contributed by atoms with Gasteiger partial charge >= 0.3 is 17.9 Å². The summed E-state index contributed by atoms with van der Waals surface area (Å²) in [4.78, 5) is 37.9. The molecule has 0 spiro atoms. The molecule has 6 heteroatoms. The lowest BCUT2D eigenvalue weighted by atomic mass is 10.0. The summed E-state index contributed by atoms with van der Waals surface area (Å²) in [7, 11) is 0. The van der Waals surface area contributed by atoms with E-state index in [4.69, 9.17) is 14.2 Å². The molecular formula is C73H126O6. The number of unbranched alkanes of at least 4 members (excludes halogenated alkanes) is 34. The molecule has 0 aliphatic heterocycles. The maximum Gasteiger partial charge on any atom is 0.306 e. The van der Waals surface area contributed by atoms with Crippen LogP contribution in [-0.2, 0) is 28.6 Å². The van der Waals surface area contributed by atoms with Crippen LogP contribution in [0, 0.1) is 0 Å². The molecule has 79 heavy (non-hydrogen) atoms. The van der Waals surface area contributed by atoms with E-state index in [9.17, 15) is 14.4 Å².